The van der Waals surface area contributed by atoms with E-state index in [1.807, 2.05) is 73.5 Å². The summed E-state index contributed by atoms with van der Waals surface area (Å²) in [6.45, 7) is 4.67. The molecular weight excluding hydrogens is 340 g/mol. The van der Waals surface area contributed by atoms with Crippen LogP contribution in [0, 0.1) is 0 Å². The number of nitrogens with one attached hydrogen (secondary N) is 2. The minimum absolute atomic E-state index is 0.0865. The number of ether oxygens (including phenoxy) is 1. The van der Waals surface area contributed by atoms with Crippen molar-refractivity contribution in [3.05, 3.63) is 65.7 Å². The van der Waals surface area contributed by atoms with Crippen molar-refractivity contribution in [1.29, 1.82) is 0 Å². The van der Waals surface area contributed by atoms with Gasteiger partial charge in [-0.15, -0.1) is 0 Å². The second-order valence-electron chi connectivity index (χ2n) is 6.03. The van der Waals surface area contributed by atoms with Gasteiger partial charge in [0.15, 0.2) is 5.96 Å². The topological polar surface area (TPSA) is 66.0 Å². The highest BCUT2D eigenvalue weighted by atomic mass is 16.5. The monoisotopic (exact) mass is 368 g/mol. The van der Waals surface area contributed by atoms with Gasteiger partial charge in [0.05, 0.1) is 13.1 Å². The Morgan fingerprint density at radius 2 is 1.81 bits per heavy atom. The molecule has 0 aliphatic heterocycles. The summed E-state index contributed by atoms with van der Waals surface area (Å²) in [5.41, 5.74) is 1.69. The van der Waals surface area contributed by atoms with Gasteiger partial charge in [0.2, 0.25) is 0 Å². The highest BCUT2D eigenvalue weighted by Gasteiger charge is 2.06. The van der Waals surface area contributed by atoms with Gasteiger partial charge in [-0.3, -0.25) is 4.79 Å². The van der Waals surface area contributed by atoms with Gasteiger partial charge < -0.3 is 20.3 Å². The average molecular weight is 368 g/mol. The van der Waals surface area contributed by atoms with Crippen LogP contribution in [0.5, 0.6) is 5.75 Å². The zero-order chi connectivity index (χ0) is 19.5. The Morgan fingerprint density at radius 3 is 2.44 bits per heavy atom. The van der Waals surface area contributed by atoms with Crippen molar-refractivity contribution < 1.29 is 9.53 Å². The molecule has 2 N–H and O–H groups in total. The van der Waals surface area contributed by atoms with Crippen LogP contribution in [-0.4, -0.2) is 50.6 Å². The van der Waals surface area contributed by atoms with Crippen LogP contribution in [0.3, 0.4) is 0 Å². The van der Waals surface area contributed by atoms with Crippen LogP contribution in [0.2, 0.25) is 0 Å². The fourth-order valence-electron chi connectivity index (χ4n) is 2.46. The van der Waals surface area contributed by atoms with Gasteiger partial charge in [0.1, 0.15) is 12.4 Å². The van der Waals surface area contributed by atoms with E-state index in [1.54, 1.807) is 7.05 Å². The SMILES string of the molecule is CCNC(=NCc1ccc(C(=O)NC)cc1)N(C)CCOc1ccccc1. The molecule has 0 heterocycles. The van der Waals surface area contributed by atoms with Gasteiger partial charge in [0, 0.05) is 26.2 Å². The molecule has 6 nitrogen and oxygen atoms in total. The summed E-state index contributed by atoms with van der Waals surface area (Å²) < 4.78 is 5.75. The number of benzene rings is 2. The molecule has 2 aromatic carbocycles. The Balaban J connectivity index is 1.91. The second-order valence-corrected chi connectivity index (χ2v) is 6.03. The normalized spacial score (nSPS) is 11.0. The van der Waals surface area contributed by atoms with Crippen molar-refractivity contribution in [2.75, 3.05) is 33.8 Å². The number of guanidine groups is 1. The molecule has 1 amide bonds. The molecule has 0 fully saturated rings. The third-order valence-electron chi connectivity index (χ3n) is 3.99. The van der Waals surface area contributed by atoms with E-state index in [4.69, 9.17) is 4.74 Å². The molecule has 0 saturated carbocycles. The van der Waals surface area contributed by atoms with E-state index in [-0.39, 0.29) is 5.91 Å². The van der Waals surface area contributed by atoms with Gasteiger partial charge >= 0.3 is 0 Å². The first-order chi connectivity index (χ1) is 13.1. The summed E-state index contributed by atoms with van der Waals surface area (Å²) in [7, 11) is 3.62. The van der Waals surface area contributed by atoms with E-state index >= 15 is 0 Å². The number of amides is 1. The lowest BCUT2D eigenvalue weighted by Gasteiger charge is -2.22. The molecule has 2 aromatic rings. The van der Waals surface area contributed by atoms with E-state index < -0.39 is 0 Å². The summed E-state index contributed by atoms with van der Waals surface area (Å²) in [5.74, 6) is 1.60. The van der Waals surface area contributed by atoms with Crippen LogP contribution in [0.15, 0.2) is 59.6 Å². The van der Waals surface area contributed by atoms with Gasteiger partial charge in [-0.05, 0) is 36.8 Å². The van der Waals surface area contributed by atoms with Crippen molar-refractivity contribution in [2.24, 2.45) is 4.99 Å². The Bertz CT molecular complexity index is 730. The first-order valence-electron chi connectivity index (χ1n) is 9.12. The fourth-order valence-corrected chi connectivity index (χ4v) is 2.46. The van der Waals surface area contributed by atoms with Crippen LogP contribution in [0.4, 0.5) is 0 Å². The molecule has 144 valence electrons. The minimum atomic E-state index is -0.0865. The van der Waals surface area contributed by atoms with Gasteiger partial charge in [-0.25, -0.2) is 4.99 Å². The smallest absolute Gasteiger partial charge is 0.251 e. The number of hydrogen-bond donors (Lipinski definition) is 2. The van der Waals surface area contributed by atoms with Crippen LogP contribution in [0.1, 0.15) is 22.8 Å². The number of aliphatic imine (C=N–C) groups is 1. The predicted molar refractivity (Wildman–Crippen MR) is 109 cm³/mol. The number of rotatable bonds is 8. The first kappa shape index (κ1) is 20.3. The third-order valence-corrected chi connectivity index (χ3v) is 3.99. The highest BCUT2D eigenvalue weighted by Crippen LogP contribution is 2.08. The molecule has 0 unspecified atom stereocenters. The molecule has 0 aliphatic carbocycles. The van der Waals surface area contributed by atoms with Crippen molar-refractivity contribution in [3.8, 4) is 5.75 Å². The summed E-state index contributed by atoms with van der Waals surface area (Å²) in [6.07, 6.45) is 0. The molecule has 0 aliphatic rings. The molecule has 0 atom stereocenters. The van der Waals surface area contributed by atoms with E-state index in [0.29, 0.717) is 18.7 Å². The summed E-state index contributed by atoms with van der Waals surface area (Å²) in [4.78, 5) is 18.3. The lowest BCUT2D eigenvalue weighted by molar-refractivity contribution is 0.0963. The first-order valence-corrected chi connectivity index (χ1v) is 9.12. The summed E-state index contributed by atoms with van der Waals surface area (Å²) >= 11 is 0. The molecule has 0 spiro atoms. The average Bonchev–Trinajstić information content (AvgIpc) is 2.71. The maximum Gasteiger partial charge on any atom is 0.251 e. The minimum Gasteiger partial charge on any atom is -0.492 e. The van der Waals surface area contributed by atoms with Crippen molar-refractivity contribution in [2.45, 2.75) is 13.5 Å². The molecular formula is C21H28N4O2. The van der Waals surface area contributed by atoms with Crippen LogP contribution < -0.4 is 15.4 Å². The van der Waals surface area contributed by atoms with E-state index in [1.165, 1.54) is 0 Å². The van der Waals surface area contributed by atoms with E-state index in [9.17, 15) is 4.79 Å². The maximum absolute atomic E-state index is 11.6. The molecule has 0 bridgehead atoms. The standard InChI is InChI=1S/C21H28N4O2/c1-4-23-21(25(3)14-15-27-19-8-6-5-7-9-19)24-16-17-10-12-18(13-11-17)20(26)22-2/h5-13H,4,14-16H2,1-3H3,(H,22,26)(H,23,24). The van der Waals surface area contributed by atoms with Gasteiger partial charge in [-0.1, -0.05) is 30.3 Å². The van der Waals surface area contributed by atoms with E-state index in [0.717, 1.165) is 30.4 Å². The van der Waals surface area contributed by atoms with Gasteiger partial charge in [-0.2, -0.15) is 0 Å². The number of hydrogen-bond acceptors (Lipinski definition) is 3. The van der Waals surface area contributed by atoms with Crippen LogP contribution in [0.25, 0.3) is 0 Å². The predicted octanol–water partition coefficient (Wildman–Crippen LogP) is 2.52. The Kier molecular flexibility index (Phi) is 8.16. The van der Waals surface area contributed by atoms with E-state index in [2.05, 4.69) is 15.6 Å². The van der Waals surface area contributed by atoms with Crippen molar-refractivity contribution >= 4 is 11.9 Å². The van der Waals surface area contributed by atoms with Crippen LogP contribution in [-0.2, 0) is 6.54 Å². The molecule has 0 radical (unpaired) electrons. The lowest BCUT2D eigenvalue weighted by Crippen LogP contribution is -2.40. The Labute approximate surface area is 161 Å². The maximum atomic E-state index is 11.6. The number of para-hydroxylation sites is 1. The van der Waals surface area contributed by atoms with Crippen molar-refractivity contribution in [3.63, 3.8) is 0 Å². The zero-order valence-corrected chi connectivity index (χ0v) is 16.2. The zero-order valence-electron chi connectivity index (χ0n) is 16.2. The quantitative estimate of drug-likeness (QED) is 0.555. The number of likely N-dealkylation sites (N-methyl/N-ethyl adjacent to an activating group) is 1. The number of carbonyl (C=O) groups is 1. The summed E-state index contributed by atoms with van der Waals surface area (Å²) in [6, 6.07) is 17.3. The Hall–Kier alpha value is -3.02. The molecule has 27 heavy (non-hydrogen) atoms. The molecule has 0 aromatic heterocycles. The lowest BCUT2D eigenvalue weighted by atomic mass is 10.1. The van der Waals surface area contributed by atoms with Crippen LogP contribution >= 0.6 is 0 Å². The second kappa shape index (κ2) is 10.9. The number of nitrogens with zero attached hydrogens (tertiary/aromatic N) is 2. The van der Waals surface area contributed by atoms with Crippen molar-refractivity contribution in [1.82, 2.24) is 15.5 Å². The number of carbonyl (C=O) groups excluding carboxylic acids is 1. The van der Waals surface area contributed by atoms with Gasteiger partial charge in [0.25, 0.3) is 5.91 Å². The molecule has 6 heteroatoms. The highest BCUT2D eigenvalue weighted by molar-refractivity contribution is 5.93. The largest absolute Gasteiger partial charge is 0.492 e. The Morgan fingerprint density at radius 1 is 1.11 bits per heavy atom. The third kappa shape index (κ3) is 6.66. The summed E-state index contributed by atoms with van der Waals surface area (Å²) in [5, 5.41) is 5.92. The molecule has 0 saturated heterocycles. The molecule has 2 rings (SSSR count). The fraction of sp³-hybridized carbons (Fsp3) is 0.333.